The van der Waals surface area contributed by atoms with Crippen LogP contribution in [0.3, 0.4) is 0 Å². The summed E-state index contributed by atoms with van der Waals surface area (Å²) in [4.78, 5) is 45.2. The zero-order chi connectivity index (χ0) is 24.8. The van der Waals surface area contributed by atoms with Crippen LogP contribution in [0.5, 0.6) is 0 Å². The smallest absolute Gasteiger partial charge is 0.311 e. The van der Waals surface area contributed by atoms with E-state index in [1.807, 2.05) is 50.0 Å². The molecule has 0 aromatic heterocycles. The molecule has 2 amide bonds. The number of nitrogens with zero attached hydrogens (tertiary/aromatic N) is 2. The Balaban J connectivity index is 1.87. The molecule has 1 spiro atoms. The van der Waals surface area contributed by atoms with Gasteiger partial charge in [-0.2, -0.15) is 0 Å². The van der Waals surface area contributed by atoms with Crippen LogP contribution in [0.15, 0.2) is 24.3 Å². The van der Waals surface area contributed by atoms with E-state index in [4.69, 9.17) is 4.74 Å². The van der Waals surface area contributed by atoms with Crippen LogP contribution in [0, 0.1) is 17.8 Å². The fourth-order valence-electron chi connectivity index (χ4n) is 6.50. The second-order valence-electron chi connectivity index (χ2n) is 10.8. The average molecular weight is 491 g/mol. The lowest BCUT2D eigenvalue weighted by Gasteiger charge is -2.41. The van der Waals surface area contributed by atoms with E-state index in [1.165, 1.54) is 0 Å². The summed E-state index contributed by atoms with van der Waals surface area (Å²) < 4.78 is 3.93. The summed E-state index contributed by atoms with van der Waals surface area (Å²) in [5.41, 5.74) is 0. The first kappa shape index (κ1) is 25.3. The van der Waals surface area contributed by atoms with Crippen molar-refractivity contribution in [1.82, 2.24) is 9.80 Å². The van der Waals surface area contributed by atoms with Crippen LogP contribution in [-0.4, -0.2) is 80.1 Å². The van der Waals surface area contributed by atoms with Crippen LogP contribution in [0.1, 0.15) is 53.9 Å². The van der Waals surface area contributed by atoms with Crippen molar-refractivity contribution >= 4 is 29.5 Å². The van der Waals surface area contributed by atoms with Crippen LogP contribution >= 0.6 is 11.8 Å². The van der Waals surface area contributed by atoms with Gasteiger partial charge in [0.2, 0.25) is 11.8 Å². The number of aliphatic hydroxyl groups excluding tert-OH is 1. The lowest BCUT2D eigenvalue weighted by atomic mass is 9.75. The van der Waals surface area contributed by atoms with E-state index in [2.05, 4.69) is 13.8 Å². The van der Waals surface area contributed by atoms with Crippen molar-refractivity contribution in [2.75, 3.05) is 19.8 Å². The van der Waals surface area contributed by atoms with Crippen LogP contribution < -0.4 is 0 Å². The summed E-state index contributed by atoms with van der Waals surface area (Å²) in [6.07, 6.45) is 10.2. The highest BCUT2D eigenvalue weighted by Gasteiger charge is 2.74. The molecule has 188 valence electrons. The van der Waals surface area contributed by atoms with E-state index in [-0.39, 0.29) is 43.0 Å². The van der Waals surface area contributed by atoms with E-state index >= 15 is 0 Å². The number of hydrogen-bond acceptors (Lipinski definition) is 6. The molecule has 8 heteroatoms. The number of ether oxygens (including phenoxy) is 1. The zero-order valence-corrected chi connectivity index (χ0v) is 21.7. The molecule has 0 aliphatic carbocycles. The Bertz CT molecular complexity index is 904. The molecule has 0 radical (unpaired) electrons. The molecule has 7 atom stereocenters. The second kappa shape index (κ2) is 9.34. The number of carbonyl (C=O) groups excluding carboxylic acids is 3. The molecule has 34 heavy (non-hydrogen) atoms. The molecule has 0 aromatic carbocycles. The molecule has 2 unspecified atom stereocenters. The SMILES string of the molecule is CCCC(C)N1CC=C[C@]23S[C@]4(C)C=CCOC(=O)[C@@H]4[C@H]2C(=O)N([C@@H](CO)CC(C)C)C3C1=O. The number of rotatable bonds is 7. The molecule has 0 aromatic rings. The maximum Gasteiger partial charge on any atom is 0.311 e. The first-order chi connectivity index (χ1) is 16.1. The molecule has 2 fully saturated rings. The highest BCUT2D eigenvalue weighted by atomic mass is 32.2. The van der Waals surface area contributed by atoms with E-state index < -0.39 is 33.4 Å². The van der Waals surface area contributed by atoms with Crippen molar-refractivity contribution in [3.63, 3.8) is 0 Å². The van der Waals surface area contributed by atoms with E-state index in [1.54, 1.807) is 16.7 Å². The zero-order valence-electron chi connectivity index (χ0n) is 20.9. The number of thioether (sulfide) groups is 1. The fourth-order valence-corrected chi connectivity index (χ4v) is 8.64. The molecule has 1 N–H and O–H groups in total. The molecular weight excluding hydrogens is 452 g/mol. The third kappa shape index (κ3) is 3.81. The van der Waals surface area contributed by atoms with Gasteiger partial charge in [-0.25, -0.2) is 0 Å². The molecule has 4 aliphatic rings. The number of amides is 2. The standard InChI is InChI=1S/C26H38N2O5S/c1-6-9-17(4)27-12-7-11-26-19(20-24(32)33-13-8-10-25(20,5)34-26)22(30)28(21(26)23(27)31)18(15-29)14-16(2)3/h7-8,10-11,16-21,29H,6,9,12-15H2,1-5H3/t17?,18-,19+,20+,21?,25-,26+/m1/s1. The Kier molecular flexibility index (Phi) is 6.95. The van der Waals surface area contributed by atoms with Crippen LogP contribution in [0.25, 0.3) is 0 Å². The van der Waals surface area contributed by atoms with Crippen molar-refractivity contribution in [2.45, 2.75) is 81.5 Å². The minimum Gasteiger partial charge on any atom is -0.461 e. The highest BCUT2D eigenvalue weighted by Crippen LogP contribution is 2.65. The lowest BCUT2D eigenvalue weighted by Crippen LogP contribution is -2.58. The largest absolute Gasteiger partial charge is 0.461 e. The monoisotopic (exact) mass is 490 g/mol. The van der Waals surface area contributed by atoms with Gasteiger partial charge in [0.15, 0.2) is 0 Å². The Morgan fingerprint density at radius 2 is 1.88 bits per heavy atom. The number of aliphatic hydroxyl groups is 1. The van der Waals surface area contributed by atoms with Crippen LogP contribution in [0.2, 0.25) is 0 Å². The molecule has 7 nitrogen and oxygen atoms in total. The van der Waals surface area contributed by atoms with Gasteiger partial charge in [0.1, 0.15) is 12.6 Å². The third-order valence-electron chi connectivity index (χ3n) is 7.87. The number of carbonyl (C=O) groups is 3. The van der Waals surface area contributed by atoms with E-state index in [9.17, 15) is 19.5 Å². The minimum absolute atomic E-state index is 0.0308. The quantitative estimate of drug-likeness (QED) is 0.436. The van der Waals surface area contributed by atoms with Crippen molar-refractivity contribution in [3.05, 3.63) is 24.3 Å². The minimum atomic E-state index is -0.890. The van der Waals surface area contributed by atoms with Gasteiger partial charge in [-0.3, -0.25) is 14.4 Å². The first-order valence-electron chi connectivity index (χ1n) is 12.6. The van der Waals surface area contributed by atoms with E-state index in [0.29, 0.717) is 13.0 Å². The molecule has 0 bridgehead atoms. The normalized spacial score (nSPS) is 36.7. The predicted octanol–water partition coefficient (Wildman–Crippen LogP) is 2.78. The third-order valence-corrected chi connectivity index (χ3v) is 9.66. The summed E-state index contributed by atoms with van der Waals surface area (Å²) in [5, 5.41) is 10.4. The van der Waals surface area contributed by atoms with Crippen molar-refractivity contribution in [3.8, 4) is 0 Å². The van der Waals surface area contributed by atoms with Crippen LogP contribution in [0.4, 0.5) is 0 Å². The predicted molar refractivity (Wildman–Crippen MR) is 132 cm³/mol. The van der Waals surface area contributed by atoms with Crippen molar-refractivity contribution in [1.29, 1.82) is 0 Å². The molecule has 0 saturated carbocycles. The Morgan fingerprint density at radius 3 is 2.53 bits per heavy atom. The number of esters is 1. The lowest BCUT2D eigenvalue weighted by molar-refractivity contribution is -0.153. The Hall–Kier alpha value is -1.80. The Labute approximate surface area is 206 Å². The summed E-state index contributed by atoms with van der Waals surface area (Å²) in [6.45, 7) is 10.7. The topological polar surface area (TPSA) is 87.2 Å². The number of hydrogen-bond donors (Lipinski definition) is 1. The maximum atomic E-state index is 14.3. The highest BCUT2D eigenvalue weighted by molar-refractivity contribution is 8.02. The summed E-state index contributed by atoms with van der Waals surface area (Å²) in [6, 6.07) is -1.22. The number of fused-ring (bicyclic) bond motifs is 2. The maximum absolute atomic E-state index is 14.3. The Morgan fingerprint density at radius 1 is 1.15 bits per heavy atom. The van der Waals surface area contributed by atoms with Crippen molar-refractivity contribution < 1.29 is 24.2 Å². The molecule has 4 aliphatic heterocycles. The van der Waals surface area contributed by atoms with Crippen molar-refractivity contribution in [2.24, 2.45) is 17.8 Å². The number of likely N-dealkylation sites (tertiary alicyclic amines) is 1. The van der Waals surface area contributed by atoms with Gasteiger partial charge < -0.3 is 19.6 Å². The van der Waals surface area contributed by atoms with Gasteiger partial charge >= 0.3 is 5.97 Å². The van der Waals surface area contributed by atoms with Gasteiger partial charge in [0.25, 0.3) is 0 Å². The van der Waals surface area contributed by atoms with E-state index in [0.717, 1.165) is 12.8 Å². The van der Waals surface area contributed by atoms with Gasteiger partial charge in [-0.05, 0) is 38.7 Å². The number of cyclic esters (lactones) is 1. The van der Waals surface area contributed by atoms with Gasteiger partial charge in [-0.15, -0.1) is 11.8 Å². The molecular formula is C26H38N2O5S. The summed E-state index contributed by atoms with van der Waals surface area (Å²) in [7, 11) is 0. The fraction of sp³-hybridized carbons (Fsp3) is 0.731. The second-order valence-corrected chi connectivity index (χ2v) is 12.6. The summed E-state index contributed by atoms with van der Waals surface area (Å²) >= 11 is 1.55. The average Bonchev–Trinajstić information content (AvgIpc) is 3.03. The molecule has 2 saturated heterocycles. The van der Waals surface area contributed by atoms with Gasteiger partial charge in [-0.1, -0.05) is 45.4 Å². The molecule has 4 heterocycles. The summed E-state index contributed by atoms with van der Waals surface area (Å²) in [5.74, 6) is -1.87. The van der Waals surface area contributed by atoms with Gasteiger partial charge in [0, 0.05) is 17.3 Å². The molecule has 4 rings (SSSR count). The van der Waals surface area contributed by atoms with Gasteiger partial charge in [0.05, 0.1) is 29.2 Å². The first-order valence-corrected chi connectivity index (χ1v) is 13.4. The van der Waals surface area contributed by atoms with Crippen LogP contribution in [-0.2, 0) is 19.1 Å².